The smallest absolute Gasteiger partial charge is 0.410 e. The summed E-state index contributed by atoms with van der Waals surface area (Å²) in [6, 6.07) is 16.0. The van der Waals surface area contributed by atoms with E-state index in [1.54, 1.807) is 11.0 Å². The van der Waals surface area contributed by atoms with Crippen molar-refractivity contribution >= 4 is 34.5 Å². The summed E-state index contributed by atoms with van der Waals surface area (Å²) >= 11 is 6.10. The lowest BCUT2D eigenvalue weighted by molar-refractivity contribution is 0.0668. The standard InChI is InChI=1S/C23H25ClN4O2/c1-3-16(2)30-23(29)28-13-11-27(12-14-28)22-19(17-7-5-4-6-8-17)15-18-9-10-20(24)25-21(18)26-22/h4-10,15-16H,3,11-14H2,1-2H3. The summed E-state index contributed by atoms with van der Waals surface area (Å²) in [7, 11) is 0. The van der Waals surface area contributed by atoms with Crippen molar-refractivity contribution in [1.82, 2.24) is 14.9 Å². The van der Waals surface area contributed by atoms with Gasteiger partial charge in [-0.15, -0.1) is 0 Å². The minimum absolute atomic E-state index is 0.0711. The second kappa shape index (κ2) is 8.88. The molecule has 0 spiro atoms. The van der Waals surface area contributed by atoms with E-state index in [-0.39, 0.29) is 12.2 Å². The van der Waals surface area contributed by atoms with E-state index >= 15 is 0 Å². The maximum Gasteiger partial charge on any atom is 0.410 e. The van der Waals surface area contributed by atoms with Crippen molar-refractivity contribution in [2.45, 2.75) is 26.4 Å². The highest BCUT2D eigenvalue weighted by Gasteiger charge is 2.26. The van der Waals surface area contributed by atoms with Crippen LogP contribution in [0, 0.1) is 0 Å². The summed E-state index contributed by atoms with van der Waals surface area (Å²) in [6.45, 7) is 6.45. The molecule has 0 saturated carbocycles. The molecule has 0 radical (unpaired) electrons. The first kappa shape index (κ1) is 20.4. The van der Waals surface area contributed by atoms with Gasteiger partial charge < -0.3 is 14.5 Å². The number of carbonyl (C=O) groups is 1. The van der Waals surface area contributed by atoms with Gasteiger partial charge in [0, 0.05) is 37.1 Å². The van der Waals surface area contributed by atoms with Crippen LogP contribution in [0.4, 0.5) is 10.6 Å². The first-order valence-electron chi connectivity index (χ1n) is 10.3. The van der Waals surface area contributed by atoms with E-state index in [1.165, 1.54) is 0 Å². The lowest BCUT2D eigenvalue weighted by Crippen LogP contribution is -2.49. The van der Waals surface area contributed by atoms with Gasteiger partial charge in [-0.05, 0) is 37.1 Å². The normalized spacial score (nSPS) is 15.3. The number of aromatic nitrogens is 2. The van der Waals surface area contributed by atoms with Gasteiger partial charge >= 0.3 is 6.09 Å². The summed E-state index contributed by atoms with van der Waals surface area (Å²) in [5.74, 6) is 0.860. The third kappa shape index (κ3) is 4.33. The molecule has 2 aromatic heterocycles. The Morgan fingerprint density at radius 1 is 1.10 bits per heavy atom. The van der Waals surface area contributed by atoms with Gasteiger partial charge in [-0.2, -0.15) is 0 Å². The van der Waals surface area contributed by atoms with E-state index in [0.717, 1.165) is 28.8 Å². The Hall–Kier alpha value is -2.86. The average molecular weight is 425 g/mol. The number of fused-ring (bicyclic) bond motifs is 1. The van der Waals surface area contributed by atoms with Crippen molar-refractivity contribution in [2.24, 2.45) is 0 Å². The molecular weight excluding hydrogens is 400 g/mol. The van der Waals surface area contributed by atoms with E-state index < -0.39 is 0 Å². The van der Waals surface area contributed by atoms with E-state index in [0.29, 0.717) is 37.0 Å². The van der Waals surface area contributed by atoms with E-state index in [1.807, 2.05) is 38.1 Å². The number of nitrogens with zero attached hydrogens (tertiary/aromatic N) is 4. The first-order chi connectivity index (χ1) is 14.5. The molecule has 0 bridgehead atoms. The number of pyridine rings is 2. The molecule has 3 aromatic rings. The monoisotopic (exact) mass is 424 g/mol. The van der Waals surface area contributed by atoms with E-state index in [4.69, 9.17) is 21.3 Å². The second-order valence-electron chi connectivity index (χ2n) is 7.48. The highest BCUT2D eigenvalue weighted by molar-refractivity contribution is 6.29. The number of piperazine rings is 1. The van der Waals surface area contributed by atoms with Crippen LogP contribution in [0.25, 0.3) is 22.2 Å². The quantitative estimate of drug-likeness (QED) is 0.551. The van der Waals surface area contributed by atoms with E-state index in [2.05, 4.69) is 28.1 Å². The summed E-state index contributed by atoms with van der Waals surface area (Å²) in [5, 5.41) is 1.36. The number of hydrogen-bond acceptors (Lipinski definition) is 5. The highest BCUT2D eigenvalue weighted by atomic mass is 35.5. The molecular formula is C23H25ClN4O2. The Labute approximate surface area is 181 Å². The van der Waals surface area contributed by atoms with Gasteiger partial charge in [-0.3, -0.25) is 0 Å². The van der Waals surface area contributed by atoms with Crippen LogP contribution in [0.5, 0.6) is 0 Å². The van der Waals surface area contributed by atoms with Crippen molar-refractivity contribution in [3.05, 3.63) is 53.7 Å². The predicted molar refractivity (Wildman–Crippen MR) is 120 cm³/mol. The Balaban J connectivity index is 1.63. The van der Waals surface area contributed by atoms with Crippen molar-refractivity contribution in [3.8, 4) is 11.1 Å². The second-order valence-corrected chi connectivity index (χ2v) is 7.87. The van der Waals surface area contributed by atoms with Crippen LogP contribution in [0.15, 0.2) is 48.5 Å². The number of benzene rings is 1. The Kier molecular flexibility index (Phi) is 6.04. The molecule has 1 aromatic carbocycles. The van der Waals surface area contributed by atoms with Gasteiger partial charge in [0.05, 0.1) is 0 Å². The third-order valence-electron chi connectivity index (χ3n) is 5.42. The molecule has 0 aliphatic carbocycles. The number of halogens is 1. The van der Waals surface area contributed by atoms with Crippen LogP contribution in [0.3, 0.4) is 0 Å². The minimum atomic E-state index is -0.243. The van der Waals surface area contributed by atoms with Gasteiger partial charge in [-0.1, -0.05) is 48.9 Å². The molecule has 3 heterocycles. The zero-order chi connectivity index (χ0) is 21.1. The summed E-state index contributed by atoms with van der Waals surface area (Å²) < 4.78 is 5.47. The SMILES string of the molecule is CCC(C)OC(=O)N1CCN(c2nc3nc(Cl)ccc3cc2-c2ccccc2)CC1. The highest BCUT2D eigenvalue weighted by Crippen LogP contribution is 2.33. The third-order valence-corrected chi connectivity index (χ3v) is 5.63. The van der Waals surface area contributed by atoms with E-state index in [9.17, 15) is 4.79 Å². The molecule has 1 atom stereocenters. The molecule has 0 N–H and O–H groups in total. The number of anilines is 1. The number of rotatable bonds is 4. The fourth-order valence-corrected chi connectivity index (χ4v) is 3.66. The minimum Gasteiger partial charge on any atom is -0.446 e. The topological polar surface area (TPSA) is 58.6 Å². The van der Waals surface area contributed by atoms with Gasteiger partial charge in [0.25, 0.3) is 0 Å². The fourth-order valence-electron chi connectivity index (χ4n) is 3.52. The molecule has 30 heavy (non-hydrogen) atoms. The molecule has 1 aliphatic heterocycles. The molecule has 7 heteroatoms. The van der Waals surface area contributed by atoms with Crippen LogP contribution < -0.4 is 4.90 Å². The largest absolute Gasteiger partial charge is 0.446 e. The van der Waals surface area contributed by atoms with Crippen molar-refractivity contribution in [2.75, 3.05) is 31.1 Å². The molecule has 1 fully saturated rings. The lowest BCUT2D eigenvalue weighted by atomic mass is 10.0. The maximum absolute atomic E-state index is 12.4. The molecule has 4 rings (SSSR count). The number of carbonyl (C=O) groups excluding carboxylic acids is 1. The summed E-state index contributed by atoms with van der Waals surface area (Å²) in [6.07, 6.45) is 0.494. The molecule has 1 aliphatic rings. The van der Waals surface area contributed by atoms with Gasteiger partial charge in [0.2, 0.25) is 0 Å². The van der Waals surface area contributed by atoms with Crippen LogP contribution in [-0.4, -0.2) is 53.2 Å². The zero-order valence-corrected chi connectivity index (χ0v) is 18.0. The number of ether oxygens (including phenoxy) is 1. The predicted octanol–water partition coefficient (Wildman–Crippen LogP) is 5.01. The van der Waals surface area contributed by atoms with Crippen LogP contribution in [0.1, 0.15) is 20.3 Å². The number of amides is 1. The summed E-state index contributed by atoms with van der Waals surface area (Å²) in [4.78, 5) is 25.6. The van der Waals surface area contributed by atoms with Crippen LogP contribution in [-0.2, 0) is 4.74 Å². The number of hydrogen-bond donors (Lipinski definition) is 0. The van der Waals surface area contributed by atoms with Crippen molar-refractivity contribution in [1.29, 1.82) is 0 Å². The zero-order valence-electron chi connectivity index (χ0n) is 17.2. The molecule has 1 amide bonds. The van der Waals surface area contributed by atoms with Gasteiger partial charge in [-0.25, -0.2) is 14.8 Å². The van der Waals surface area contributed by atoms with Crippen LogP contribution >= 0.6 is 11.6 Å². The van der Waals surface area contributed by atoms with Crippen molar-refractivity contribution in [3.63, 3.8) is 0 Å². The molecule has 1 saturated heterocycles. The Morgan fingerprint density at radius 3 is 2.53 bits per heavy atom. The Bertz CT molecular complexity index is 1040. The Morgan fingerprint density at radius 2 is 1.83 bits per heavy atom. The van der Waals surface area contributed by atoms with Crippen LogP contribution in [0.2, 0.25) is 5.15 Å². The van der Waals surface area contributed by atoms with Gasteiger partial charge in [0.15, 0.2) is 5.65 Å². The average Bonchev–Trinajstić information content (AvgIpc) is 2.78. The maximum atomic E-state index is 12.4. The van der Waals surface area contributed by atoms with Gasteiger partial charge in [0.1, 0.15) is 17.1 Å². The lowest BCUT2D eigenvalue weighted by Gasteiger charge is -2.36. The molecule has 156 valence electrons. The molecule has 6 nitrogen and oxygen atoms in total. The fraction of sp³-hybridized carbons (Fsp3) is 0.348. The first-order valence-corrected chi connectivity index (χ1v) is 10.7. The molecule has 1 unspecified atom stereocenters. The summed E-state index contributed by atoms with van der Waals surface area (Å²) in [5.41, 5.74) is 2.76. The van der Waals surface area contributed by atoms with Crippen molar-refractivity contribution < 1.29 is 9.53 Å².